The van der Waals surface area contributed by atoms with Gasteiger partial charge in [0.05, 0.1) is 13.1 Å². The van der Waals surface area contributed by atoms with E-state index in [1.807, 2.05) is 17.5 Å². The molecule has 6 heteroatoms. The van der Waals surface area contributed by atoms with Crippen LogP contribution in [0.1, 0.15) is 48.9 Å². The zero-order chi connectivity index (χ0) is 16.9. The van der Waals surface area contributed by atoms with Gasteiger partial charge in [-0.25, -0.2) is 4.98 Å². The van der Waals surface area contributed by atoms with Crippen LogP contribution in [-0.2, 0) is 11.3 Å². The molecular formula is C18H30N4OS. The van der Waals surface area contributed by atoms with Gasteiger partial charge in [-0.1, -0.05) is 13.8 Å². The van der Waals surface area contributed by atoms with E-state index in [1.54, 1.807) is 0 Å². The number of carbonyl (C=O) groups is 1. The molecule has 2 aliphatic heterocycles. The molecule has 1 amide bonds. The fourth-order valence-corrected chi connectivity index (χ4v) is 4.36. The van der Waals surface area contributed by atoms with Crippen LogP contribution in [0.3, 0.4) is 0 Å². The van der Waals surface area contributed by atoms with Crippen LogP contribution < -0.4 is 0 Å². The third kappa shape index (κ3) is 4.77. The standard InChI is InChI=1S/C18H30N4OS/c1-15(2)16-12-19-17(24-16)13-20-8-10-21(11-9-20)14-18(23)22-6-4-3-5-7-22/h12,15H,3-11,13-14H2,1-2H3. The summed E-state index contributed by atoms with van der Waals surface area (Å²) in [5.41, 5.74) is 0. The molecule has 0 saturated carbocycles. The van der Waals surface area contributed by atoms with Crippen LogP contribution in [0.15, 0.2) is 6.20 Å². The molecule has 134 valence electrons. The minimum absolute atomic E-state index is 0.324. The number of likely N-dealkylation sites (tertiary alicyclic amines) is 1. The monoisotopic (exact) mass is 350 g/mol. The van der Waals surface area contributed by atoms with E-state index in [9.17, 15) is 4.79 Å². The van der Waals surface area contributed by atoms with E-state index in [-0.39, 0.29) is 0 Å². The molecule has 0 radical (unpaired) electrons. The third-order valence-corrected chi connectivity index (χ3v) is 6.31. The predicted molar refractivity (Wildman–Crippen MR) is 98.4 cm³/mol. The normalized spacial score (nSPS) is 20.7. The van der Waals surface area contributed by atoms with Gasteiger partial charge in [0, 0.05) is 50.3 Å². The number of thiazole rings is 1. The molecule has 0 aliphatic carbocycles. The molecule has 2 aliphatic rings. The highest BCUT2D eigenvalue weighted by Gasteiger charge is 2.23. The highest BCUT2D eigenvalue weighted by molar-refractivity contribution is 7.11. The smallest absolute Gasteiger partial charge is 0.236 e. The van der Waals surface area contributed by atoms with Crippen LogP contribution >= 0.6 is 11.3 Å². The van der Waals surface area contributed by atoms with E-state index in [0.29, 0.717) is 18.4 Å². The largest absolute Gasteiger partial charge is 0.342 e. The topological polar surface area (TPSA) is 39.7 Å². The van der Waals surface area contributed by atoms with Gasteiger partial charge in [-0.05, 0) is 25.2 Å². The van der Waals surface area contributed by atoms with Crippen molar-refractivity contribution in [1.29, 1.82) is 0 Å². The van der Waals surface area contributed by atoms with Crippen molar-refractivity contribution in [2.75, 3.05) is 45.8 Å². The molecule has 2 fully saturated rings. The van der Waals surface area contributed by atoms with Crippen molar-refractivity contribution in [3.8, 4) is 0 Å². The Bertz CT molecular complexity index is 531. The summed E-state index contributed by atoms with van der Waals surface area (Å²) in [7, 11) is 0. The van der Waals surface area contributed by atoms with Gasteiger partial charge in [0.15, 0.2) is 0 Å². The number of piperazine rings is 1. The lowest BCUT2D eigenvalue weighted by Crippen LogP contribution is -2.50. The van der Waals surface area contributed by atoms with Gasteiger partial charge in [-0.3, -0.25) is 14.6 Å². The molecule has 3 rings (SSSR count). The van der Waals surface area contributed by atoms with Gasteiger partial charge in [-0.15, -0.1) is 11.3 Å². The average molecular weight is 351 g/mol. The van der Waals surface area contributed by atoms with Gasteiger partial charge < -0.3 is 4.90 Å². The number of hydrogen-bond donors (Lipinski definition) is 0. The Morgan fingerprint density at radius 3 is 2.38 bits per heavy atom. The lowest BCUT2D eigenvalue weighted by atomic mass is 10.1. The zero-order valence-corrected chi connectivity index (χ0v) is 15.9. The maximum absolute atomic E-state index is 12.4. The molecule has 0 N–H and O–H groups in total. The number of amides is 1. The number of hydrogen-bond acceptors (Lipinski definition) is 5. The van der Waals surface area contributed by atoms with Gasteiger partial charge in [-0.2, -0.15) is 0 Å². The summed E-state index contributed by atoms with van der Waals surface area (Å²) < 4.78 is 0. The van der Waals surface area contributed by atoms with E-state index in [2.05, 4.69) is 33.5 Å². The van der Waals surface area contributed by atoms with Crippen molar-refractivity contribution in [2.45, 2.75) is 45.6 Å². The lowest BCUT2D eigenvalue weighted by Gasteiger charge is -2.35. The van der Waals surface area contributed by atoms with Crippen LogP contribution in [0.4, 0.5) is 0 Å². The van der Waals surface area contributed by atoms with Crippen LogP contribution in [0, 0.1) is 0 Å². The Morgan fingerprint density at radius 1 is 1.08 bits per heavy atom. The van der Waals surface area contributed by atoms with Gasteiger partial charge in [0.1, 0.15) is 5.01 Å². The summed E-state index contributed by atoms with van der Waals surface area (Å²) in [4.78, 5) is 25.1. The molecule has 0 aromatic carbocycles. The van der Waals surface area contributed by atoms with Crippen LogP contribution in [0.2, 0.25) is 0 Å². The maximum Gasteiger partial charge on any atom is 0.236 e. The molecule has 0 bridgehead atoms. The molecule has 0 unspecified atom stereocenters. The second-order valence-corrected chi connectivity index (χ2v) is 8.45. The van der Waals surface area contributed by atoms with E-state index in [1.165, 1.54) is 29.1 Å². The van der Waals surface area contributed by atoms with Crippen molar-refractivity contribution in [3.63, 3.8) is 0 Å². The minimum Gasteiger partial charge on any atom is -0.342 e. The van der Waals surface area contributed by atoms with Crippen LogP contribution in [0.25, 0.3) is 0 Å². The number of rotatable bonds is 5. The summed E-state index contributed by atoms with van der Waals surface area (Å²) >= 11 is 1.84. The van der Waals surface area contributed by atoms with Crippen LogP contribution in [-0.4, -0.2) is 71.4 Å². The van der Waals surface area contributed by atoms with Gasteiger partial charge >= 0.3 is 0 Å². The molecule has 5 nitrogen and oxygen atoms in total. The molecule has 0 spiro atoms. The van der Waals surface area contributed by atoms with E-state index >= 15 is 0 Å². The number of aromatic nitrogens is 1. The Labute approximate surface area is 149 Å². The summed E-state index contributed by atoms with van der Waals surface area (Å²) in [5, 5.41) is 1.22. The van der Waals surface area contributed by atoms with Crippen molar-refractivity contribution >= 4 is 17.2 Å². The van der Waals surface area contributed by atoms with E-state index in [0.717, 1.165) is 45.8 Å². The second-order valence-electron chi connectivity index (χ2n) is 7.30. The van der Waals surface area contributed by atoms with Crippen molar-refractivity contribution < 1.29 is 4.79 Å². The Balaban J connectivity index is 1.41. The number of nitrogens with zero attached hydrogens (tertiary/aromatic N) is 4. The first-order valence-corrected chi connectivity index (χ1v) is 10.1. The van der Waals surface area contributed by atoms with Gasteiger partial charge in [0.25, 0.3) is 0 Å². The number of carbonyl (C=O) groups excluding carboxylic acids is 1. The molecule has 3 heterocycles. The first-order chi connectivity index (χ1) is 11.6. The zero-order valence-electron chi connectivity index (χ0n) is 15.0. The fourth-order valence-electron chi connectivity index (χ4n) is 3.40. The quantitative estimate of drug-likeness (QED) is 0.817. The van der Waals surface area contributed by atoms with E-state index < -0.39 is 0 Å². The first kappa shape index (κ1) is 17.8. The average Bonchev–Trinajstić information content (AvgIpc) is 3.06. The van der Waals surface area contributed by atoms with Gasteiger partial charge in [0.2, 0.25) is 5.91 Å². The maximum atomic E-state index is 12.4. The molecule has 24 heavy (non-hydrogen) atoms. The van der Waals surface area contributed by atoms with E-state index in [4.69, 9.17) is 0 Å². The first-order valence-electron chi connectivity index (χ1n) is 9.29. The molecule has 2 saturated heterocycles. The molecular weight excluding hydrogens is 320 g/mol. The fraction of sp³-hybridized carbons (Fsp3) is 0.778. The SMILES string of the molecule is CC(C)c1cnc(CN2CCN(CC(=O)N3CCCCC3)CC2)s1. The summed E-state index contributed by atoms with van der Waals surface area (Å²) in [6, 6.07) is 0. The molecule has 1 aromatic heterocycles. The Morgan fingerprint density at radius 2 is 1.75 bits per heavy atom. The Kier molecular flexibility index (Phi) is 6.25. The summed E-state index contributed by atoms with van der Waals surface area (Å²) in [5.74, 6) is 0.888. The molecule has 1 aromatic rings. The lowest BCUT2D eigenvalue weighted by molar-refractivity contribution is -0.133. The second kappa shape index (κ2) is 8.41. The summed E-state index contributed by atoms with van der Waals surface area (Å²) in [6.45, 7) is 11.9. The molecule has 0 atom stereocenters. The third-order valence-electron chi connectivity index (χ3n) is 5.03. The van der Waals surface area contributed by atoms with Crippen molar-refractivity contribution in [3.05, 3.63) is 16.1 Å². The predicted octanol–water partition coefficient (Wildman–Crippen LogP) is 2.40. The van der Waals surface area contributed by atoms with Crippen molar-refractivity contribution in [2.24, 2.45) is 0 Å². The minimum atomic E-state index is 0.324. The Hall–Kier alpha value is -0.980. The van der Waals surface area contributed by atoms with Crippen LogP contribution in [0.5, 0.6) is 0 Å². The summed E-state index contributed by atoms with van der Waals surface area (Å²) in [6.07, 6.45) is 5.65. The van der Waals surface area contributed by atoms with Crippen molar-refractivity contribution in [1.82, 2.24) is 19.7 Å². The number of piperidine rings is 1. The highest BCUT2D eigenvalue weighted by Crippen LogP contribution is 2.23. The highest BCUT2D eigenvalue weighted by atomic mass is 32.1.